The van der Waals surface area contributed by atoms with Gasteiger partial charge in [-0.1, -0.05) is 77.6 Å². The summed E-state index contributed by atoms with van der Waals surface area (Å²) >= 11 is 0. The Bertz CT molecular complexity index is 765. The molecule has 0 heterocycles. The van der Waals surface area contributed by atoms with Gasteiger partial charge in [0.1, 0.15) is 0 Å². The number of hydrogen-bond acceptors (Lipinski definition) is 1. The summed E-state index contributed by atoms with van der Waals surface area (Å²) in [5.41, 5.74) is 8.88. The van der Waals surface area contributed by atoms with Gasteiger partial charge in [0.2, 0.25) is 0 Å². The van der Waals surface area contributed by atoms with E-state index in [0.29, 0.717) is 5.92 Å². The van der Waals surface area contributed by atoms with Crippen molar-refractivity contribution in [2.24, 2.45) is 0 Å². The first-order valence-electron chi connectivity index (χ1n) is 9.88. The van der Waals surface area contributed by atoms with Crippen molar-refractivity contribution < 1.29 is 5.11 Å². The van der Waals surface area contributed by atoms with Gasteiger partial charge in [0, 0.05) is 0 Å². The zero-order chi connectivity index (χ0) is 19.5. The molecule has 0 saturated heterocycles. The highest BCUT2D eigenvalue weighted by atomic mass is 16.3. The first kappa shape index (κ1) is 20.5. The standard InChI is InChI=1S/C23H28O.C2H6/c1-15-10-11-23(4,5)22-13-20(16(2)12-21(15)22)17(3)19-8-6-18(14-24)7-9-19;1-2/h6-9,12-13,15,24H,3,10-11,14H2,1-2,4-5H3;1-2H3. The molecule has 0 saturated carbocycles. The fourth-order valence-corrected chi connectivity index (χ4v) is 3.88. The Morgan fingerprint density at radius 3 is 2.35 bits per heavy atom. The van der Waals surface area contributed by atoms with Crippen LogP contribution in [0.2, 0.25) is 0 Å². The number of aliphatic hydroxyl groups is 1. The molecule has 2 aromatic rings. The topological polar surface area (TPSA) is 20.2 Å². The molecule has 0 radical (unpaired) electrons. The maximum absolute atomic E-state index is 9.22. The highest BCUT2D eigenvalue weighted by Gasteiger charge is 2.31. The Kier molecular flexibility index (Phi) is 6.47. The number of benzene rings is 2. The molecule has 1 heteroatoms. The maximum atomic E-state index is 9.22. The minimum atomic E-state index is 0.0801. The van der Waals surface area contributed by atoms with E-state index in [1.807, 2.05) is 26.0 Å². The van der Waals surface area contributed by atoms with Crippen LogP contribution in [0.25, 0.3) is 5.57 Å². The zero-order valence-electron chi connectivity index (χ0n) is 17.3. The average molecular weight is 351 g/mol. The predicted molar refractivity (Wildman–Crippen MR) is 114 cm³/mol. The molecule has 1 aliphatic carbocycles. The molecule has 1 unspecified atom stereocenters. The van der Waals surface area contributed by atoms with Crippen LogP contribution in [0.3, 0.4) is 0 Å². The van der Waals surface area contributed by atoms with E-state index in [9.17, 15) is 5.11 Å². The summed E-state index contributed by atoms with van der Waals surface area (Å²) in [6, 6.07) is 12.8. The van der Waals surface area contributed by atoms with Crippen molar-refractivity contribution in [3.8, 4) is 0 Å². The van der Waals surface area contributed by atoms with Crippen LogP contribution in [0.1, 0.15) is 86.8 Å². The highest BCUT2D eigenvalue weighted by molar-refractivity contribution is 5.80. The van der Waals surface area contributed by atoms with Gasteiger partial charge in [0.25, 0.3) is 0 Å². The highest BCUT2D eigenvalue weighted by Crippen LogP contribution is 2.44. The molecule has 3 rings (SSSR count). The van der Waals surface area contributed by atoms with Gasteiger partial charge in [0.15, 0.2) is 0 Å². The lowest BCUT2D eigenvalue weighted by Crippen LogP contribution is -2.26. The summed E-state index contributed by atoms with van der Waals surface area (Å²) in [6.45, 7) is 17.7. The second-order valence-electron chi connectivity index (χ2n) is 7.91. The van der Waals surface area contributed by atoms with Crippen LogP contribution in [0, 0.1) is 6.92 Å². The summed E-state index contributed by atoms with van der Waals surface area (Å²) < 4.78 is 0. The van der Waals surface area contributed by atoms with Gasteiger partial charge >= 0.3 is 0 Å². The van der Waals surface area contributed by atoms with Crippen molar-refractivity contribution in [1.82, 2.24) is 0 Å². The number of hydrogen-bond donors (Lipinski definition) is 1. The van der Waals surface area contributed by atoms with Crippen LogP contribution in [-0.4, -0.2) is 5.11 Å². The third-order valence-corrected chi connectivity index (χ3v) is 5.67. The molecule has 0 bridgehead atoms. The first-order valence-corrected chi connectivity index (χ1v) is 9.88. The predicted octanol–water partition coefficient (Wildman–Crippen LogP) is 6.75. The van der Waals surface area contributed by atoms with Gasteiger partial charge in [-0.15, -0.1) is 0 Å². The van der Waals surface area contributed by atoms with Crippen molar-refractivity contribution in [3.05, 3.63) is 76.4 Å². The van der Waals surface area contributed by atoms with Crippen LogP contribution in [0.5, 0.6) is 0 Å². The van der Waals surface area contributed by atoms with Gasteiger partial charge in [0.05, 0.1) is 6.61 Å². The van der Waals surface area contributed by atoms with Crippen molar-refractivity contribution in [2.75, 3.05) is 0 Å². The molecule has 1 N–H and O–H groups in total. The summed E-state index contributed by atoms with van der Waals surface area (Å²) in [4.78, 5) is 0. The van der Waals surface area contributed by atoms with E-state index < -0.39 is 0 Å². The molecule has 140 valence electrons. The van der Waals surface area contributed by atoms with Gasteiger partial charge in [-0.05, 0) is 70.1 Å². The second-order valence-corrected chi connectivity index (χ2v) is 7.91. The SMILES string of the molecule is C=C(c1ccc(CO)cc1)c1cc2c(cc1C)C(C)CCC2(C)C.CC. The third kappa shape index (κ3) is 3.94. The van der Waals surface area contributed by atoms with E-state index in [-0.39, 0.29) is 12.0 Å². The Morgan fingerprint density at radius 2 is 1.77 bits per heavy atom. The lowest BCUT2D eigenvalue weighted by Gasteiger charge is -2.37. The van der Waals surface area contributed by atoms with E-state index >= 15 is 0 Å². The Morgan fingerprint density at radius 1 is 1.15 bits per heavy atom. The van der Waals surface area contributed by atoms with Crippen molar-refractivity contribution in [3.63, 3.8) is 0 Å². The molecule has 0 spiro atoms. The Hall–Kier alpha value is -1.86. The van der Waals surface area contributed by atoms with Gasteiger partial charge in [-0.3, -0.25) is 0 Å². The summed E-state index contributed by atoms with van der Waals surface area (Å²) in [7, 11) is 0. The second kappa shape index (κ2) is 8.22. The molecule has 0 fully saturated rings. The number of aryl methyl sites for hydroxylation is 1. The van der Waals surface area contributed by atoms with Crippen LogP contribution in [0.15, 0.2) is 43.0 Å². The lowest BCUT2D eigenvalue weighted by atomic mass is 9.68. The zero-order valence-corrected chi connectivity index (χ0v) is 17.3. The fourth-order valence-electron chi connectivity index (χ4n) is 3.88. The third-order valence-electron chi connectivity index (χ3n) is 5.67. The monoisotopic (exact) mass is 350 g/mol. The van der Waals surface area contributed by atoms with Crippen LogP contribution in [-0.2, 0) is 12.0 Å². The number of rotatable bonds is 3. The number of aliphatic hydroxyl groups excluding tert-OH is 1. The minimum Gasteiger partial charge on any atom is -0.392 e. The molecule has 0 aromatic heterocycles. The normalized spacial score (nSPS) is 17.7. The van der Waals surface area contributed by atoms with E-state index in [2.05, 4.69) is 58.5 Å². The molecular formula is C25H34O. The maximum Gasteiger partial charge on any atom is 0.0681 e. The van der Waals surface area contributed by atoms with E-state index in [1.54, 1.807) is 0 Å². The summed E-state index contributed by atoms with van der Waals surface area (Å²) in [5.74, 6) is 0.637. The largest absolute Gasteiger partial charge is 0.392 e. The van der Waals surface area contributed by atoms with Crippen molar-refractivity contribution in [1.29, 1.82) is 0 Å². The molecule has 1 aliphatic rings. The quantitative estimate of drug-likeness (QED) is 0.649. The minimum absolute atomic E-state index is 0.0801. The van der Waals surface area contributed by atoms with Crippen molar-refractivity contribution in [2.45, 2.75) is 72.3 Å². The molecule has 1 nitrogen and oxygen atoms in total. The fraction of sp³-hybridized carbons (Fsp3) is 0.440. The lowest BCUT2D eigenvalue weighted by molar-refractivity contribution is 0.282. The molecule has 1 atom stereocenters. The first-order chi connectivity index (χ1) is 12.3. The Balaban J connectivity index is 0.00000117. The van der Waals surface area contributed by atoms with Crippen molar-refractivity contribution >= 4 is 5.57 Å². The van der Waals surface area contributed by atoms with Gasteiger partial charge in [-0.25, -0.2) is 0 Å². The molecule has 26 heavy (non-hydrogen) atoms. The number of fused-ring (bicyclic) bond motifs is 1. The molecule has 2 aromatic carbocycles. The van der Waals surface area contributed by atoms with E-state index in [0.717, 1.165) is 16.7 Å². The van der Waals surface area contributed by atoms with Crippen LogP contribution >= 0.6 is 0 Å². The van der Waals surface area contributed by atoms with Crippen LogP contribution < -0.4 is 0 Å². The average Bonchev–Trinajstić information content (AvgIpc) is 2.66. The smallest absolute Gasteiger partial charge is 0.0681 e. The van der Waals surface area contributed by atoms with Gasteiger partial charge < -0.3 is 5.11 Å². The Labute approximate surface area is 159 Å². The summed E-state index contributed by atoms with van der Waals surface area (Å²) in [5, 5.41) is 9.22. The van der Waals surface area contributed by atoms with Gasteiger partial charge in [-0.2, -0.15) is 0 Å². The summed E-state index contributed by atoms with van der Waals surface area (Å²) in [6.07, 6.45) is 2.50. The molecule has 0 aliphatic heterocycles. The molecular weight excluding hydrogens is 316 g/mol. The van der Waals surface area contributed by atoms with Crippen LogP contribution in [0.4, 0.5) is 0 Å². The van der Waals surface area contributed by atoms with E-state index in [4.69, 9.17) is 0 Å². The molecule has 0 amide bonds. The van der Waals surface area contributed by atoms with E-state index in [1.165, 1.54) is 35.1 Å².